The van der Waals surface area contributed by atoms with Gasteiger partial charge in [-0.25, -0.2) is 4.79 Å². The minimum Gasteiger partial charge on any atom is -0.489 e. The SMILES string of the molecule is CC.CC(C)(C)OC(=O)NCCNC(=O)c1ccc(OCc2ccccc2)cc1. The van der Waals surface area contributed by atoms with Crippen molar-refractivity contribution in [3.63, 3.8) is 0 Å². The quantitative estimate of drug-likeness (QED) is 0.669. The maximum Gasteiger partial charge on any atom is 0.407 e. The summed E-state index contributed by atoms with van der Waals surface area (Å²) in [4.78, 5) is 23.6. The lowest BCUT2D eigenvalue weighted by molar-refractivity contribution is 0.0526. The average molecular weight is 401 g/mol. The van der Waals surface area contributed by atoms with Crippen LogP contribution < -0.4 is 15.4 Å². The van der Waals surface area contributed by atoms with E-state index in [1.807, 2.05) is 44.2 Å². The lowest BCUT2D eigenvalue weighted by atomic mass is 10.2. The first-order chi connectivity index (χ1) is 13.8. The fourth-order valence-electron chi connectivity index (χ4n) is 2.20. The van der Waals surface area contributed by atoms with Crippen molar-refractivity contribution in [3.05, 3.63) is 65.7 Å². The number of alkyl carbamates (subject to hydrolysis) is 1. The Balaban J connectivity index is 0.00000204. The van der Waals surface area contributed by atoms with Crippen LogP contribution in [0.1, 0.15) is 50.5 Å². The zero-order valence-corrected chi connectivity index (χ0v) is 18.0. The minimum atomic E-state index is -0.544. The van der Waals surface area contributed by atoms with E-state index in [0.717, 1.165) is 5.56 Å². The van der Waals surface area contributed by atoms with Crippen LogP contribution in [0.15, 0.2) is 54.6 Å². The van der Waals surface area contributed by atoms with Crippen molar-refractivity contribution in [2.24, 2.45) is 0 Å². The van der Waals surface area contributed by atoms with Gasteiger partial charge in [0.2, 0.25) is 0 Å². The van der Waals surface area contributed by atoms with Crippen molar-refractivity contribution in [2.45, 2.75) is 46.8 Å². The van der Waals surface area contributed by atoms with Gasteiger partial charge in [0.05, 0.1) is 0 Å². The number of hydrogen-bond donors (Lipinski definition) is 2. The fraction of sp³-hybridized carbons (Fsp3) is 0.391. The number of carbonyl (C=O) groups excluding carboxylic acids is 2. The molecule has 0 spiro atoms. The Bertz CT molecular complexity index is 738. The molecule has 2 rings (SSSR count). The molecule has 0 bridgehead atoms. The molecular weight excluding hydrogens is 368 g/mol. The second kappa shape index (κ2) is 12.4. The molecular formula is C23H32N2O4. The molecule has 0 aliphatic heterocycles. The van der Waals surface area contributed by atoms with E-state index in [-0.39, 0.29) is 5.91 Å². The van der Waals surface area contributed by atoms with Gasteiger partial charge in [0.15, 0.2) is 0 Å². The molecule has 0 heterocycles. The fourth-order valence-corrected chi connectivity index (χ4v) is 2.20. The highest BCUT2D eigenvalue weighted by Crippen LogP contribution is 2.14. The maximum absolute atomic E-state index is 12.1. The molecule has 0 aliphatic carbocycles. The highest BCUT2D eigenvalue weighted by atomic mass is 16.6. The van der Waals surface area contributed by atoms with E-state index >= 15 is 0 Å². The van der Waals surface area contributed by atoms with Gasteiger partial charge >= 0.3 is 6.09 Å². The van der Waals surface area contributed by atoms with Gasteiger partial charge < -0.3 is 20.1 Å². The predicted molar refractivity (Wildman–Crippen MR) is 115 cm³/mol. The Morgan fingerprint density at radius 1 is 0.862 bits per heavy atom. The first kappa shape index (κ1) is 24.0. The number of amides is 2. The third kappa shape index (κ3) is 10.2. The molecule has 0 aliphatic rings. The van der Waals surface area contributed by atoms with Crippen LogP contribution in [0, 0.1) is 0 Å². The normalized spacial score (nSPS) is 10.2. The van der Waals surface area contributed by atoms with Crippen molar-refractivity contribution in [1.82, 2.24) is 10.6 Å². The molecule has 0 atom stereocenters. The van der Waals surface area contributed by atoms with E-state index in [9.17, 15) is 9.59 Å². The van der Waals surface area contributed by atoms with Gasteiger partial charge in [-0.3, -0.25) is 4.79 Å². The summed E-state index contributed by atoms with van der Waals surface area (Å²) in [5.74, 6) is 0.484. The Hall–Kier alpha value is -3.02. The van der Waals surface area contributed by atoms with Crippen LogP contribution in [0.2, 0.25) is 0 Å². The van der Waals surface area contributed by atoms with Gasteiger partial charge in [-0.15, -0.1) is 0 Å². The van der Waals surface area contributed by atoms with Gasteiger partial charge in [0.25, 0.3) is 5.91 Å². The number of carbonyl (C=O) groups is 2. The van der Waals surface area contributed by atoms with Gasteiger partial charge in [0, 0.05) is 18.7 Å². The Morgan fingerprint density at radius 3 is 2.03 bits per heavy atom. The summed E-state index contributed by atoms with van der Waals surface area (Å²) in [6, 6.07) is 16.8. The second-order valence-corrected chi connectivity index (χ2v) is 6.98. The molecule has 0 fully saturated rings. The largest absolute Gasteiger partial charge is 0.489 e. The average Bonchev–Trinajstić information content (AvgIpc) is 2.71. The molecule has 2 aromatic rings. The summed E-state index contributed by atoms with van der Waals surface area (Å²) in [6.45, 7) is 10.5. The van der Waals surface area contributed by atoms with Gasteiger partial charge in [-0.1, -0.05) is 44.2 Å². The molecule has 29 heavy (non-hydrogen) atoms. The third-order valence-electron chi connectivity index (χ3n) is 3.44. The lowest BCUT2D eigenvalue weighted by Crippen LogP contribution is -2.37. The number of rotatable bonds is 7. The Labute approximate surface area is 173 Å². The van der Waals surface area contributed by atoms with E-state index in [1.165, 1.54) is 0 Å². The van der Waals surface area contributed by atoms with Crippen molar-refractivity contribution < 1.29 is 19.1 Å². The molecule has 2 aromatic carbocycles. The molecule has 6 nitrogen and oxygen atoms in total. The van der Waals surface area contributed by atoms with E-state index in [0.29, 0.717) is 31.0 Å². The molecule has 6 heteroatoms. The van der Waals surface area contributed by atoms with Crippen molar-refractivity contribution in [3.8, 4) is 5.75 Å². The Kier molecular flexibility index (Phi) is 10.3. The van der Waals surface area contributed by atoms with Crippen LogP contribution in [0.5, 0.6) is 5.75 Å². The standard InChI is InChI=1S/C21H26N2O4.C2H6/c1-21(2,3)27-20(25)23-14-13-22-19(24)17-9-11-18(12-10-17)26-15-16-7-5-4-6-8-16;1-2/h4-12H,13-15H2,1-3H3,(H,22,24)(H,23,25);1-2H3. The maximum atomic E-state index is 12.1. The van der Waals surface area contributed by atoms with Crippen LogP contribution in [0.4, 0.5) is 4.79 Å². The number of nitrogens with one attached hydrogen (secondary N) is 2. The molecule has 0 saturated carbocycles. The zero-order valence-electron chi connectivity index (χ0n) is 18.0. The van der Waals surface area contributed by atoms with Crippen molar-refractivity contribution >= 4 is 12.0 Å². The third-order valence-corrected chi connectivity index (χ3v) is 3.44. The monoisotopic (exact) mass is 400 g/mol. The summed E-state index contributed by atoms with van der Waals surface area (Å²) < 4.78 is 10.8. The van der Waals surface area contributed by atoms with Crippen LogP contribution in [0.25, 0.3) is 0 Å². The summed E-state index contributed by atoms with van der Waals surface area (Å²) in [5, 5.41) is 5.34. The molecule has 2 N–H and O–H groups in total. The highest BCUT2D eigenvalue weighted by molar-refractivity contribution is 5.94. The number of benzene rings is 2. The summed E-state index contributed by atoms with van der Waals surface area (Å²) >= 11 is 0. The summed E-state index contributed by atoms with van der Waals surface area (Å²) in [5.41, 5.74) is 1.06. The summed E-state index contributed by atoms with van der Waals surface area (Å²) in [7, 11) is 0. The van der Waals surface area contributed by atoms with Gasteiger partial charge in [-0.2, -0.15) is 0 Å². The van der Waals surface area contributed by atoms with Crippen LogP contribution in [-0.2, 0) is 11.3 Å². The first-order valence-corrected chi connectivity index (χ1v) is 9.85. The number of ether oxygens (including phenoxy) is 2. The topological polar surface area (TPSA) is 76.7 Å². The van der Waals surface area contributed by atoms with E-state index in [4.69, 9.17) is 9.47 Å². The molecule has 0 saturated heterocycles. The minimum absolute atomic E-state index is 0.212. The van der Waals surface area contributed by atoms with Crippen molar-refractivity contribution in [2.75, 3.05) is 13.1 Å². The van der Waals surface area contributed by atoms with E-state index < -0.39 is 11.7 Å². The molecule has 0 aromatic heterocycles. The van der Waals surface area contributed by atoms with Crippen LogP contribution in [0.3, 0.4) is 0 Å². The summed E-state index contributed by atoms with van der Waals surface area (Å²) in [6.07, 6.45) is -0.503. The first-order valence-electron chi connectivity index (χ1n) is 9.85. The van der Waals surface area contributed by atoms with Crippen molar-refractivity contribution in [1.29, 1.82) is 0 Å². The second-order valence-electron chi connectivity index (χ2n) is 6.98. The van der Waals surface area contributed by atoms with Crippen LogP contribution >= 0.6 is 0 Å². The predicted octanol–water partition coefficient (Wildman–Crippen LogP) is 4.55. The molecule has 0 radical (unpaired) electrons. The van der Waals surface area contributed by atoms with Crippen LogP contribution in [-0.4, -0.2) is 30.7 Å². The Morgan fingerprint density at radius 2 is 1.45 bits per heavy atom. The van der Waals surface area contributed by atoms with E-state index in [2.05, 4.69) is 10.6 Å². The molecule has 0 unspecified atom stereocenters. The molecule has 158 valence electrons. The van der Waals surface area contributed by atoms with Gasteiger partial charge in [0.1, 0.15) is 18.0 Å². The smallest absolute Gasteiger partial charge is 0.407 e. The number of hydrogen-bond acceptors (Lipinski definition) is 4. The zero-order chi connectivity index (χ0) is 21.7. The van der Waals surface area contributed by atoms with E-state index in [1.54, 1.807) is 45.0 Å². The lowest BCUT2D eigenvalue weighted by Gasteiger charge is -2.19. The highest BCUT2D eigenvalue weighted by Gasteiger charge is 2.15. The molecule has 2 amide bonds. The van der Waals surface area contributed by atoms with Gasteiger partial charge in [-0.05, 0) is 50.6 Å².